The zero-order chi connectivity index (χ0) is 12.9. The molecule has 1 N–H and O–H groups in total. The molecule has 0 amide bonds. The van der Waals surface area contributed by atoms with Crippen LogP contribution >= 0.6 is 0 Å². The third-order valence-corrected chi connectivity index (χ3v) is 2.48. The third kappa shape index (κ3) is 4.79. The molecule has 0 bridgehead atoms. The Hall–Kier alpha value is -1.01. The lowest BCUT2D eigenvalue weighted by Gasteiger charge is -2.15. The summed E-state index contributed by atoms with van der Waals surface area (Å²) in [4.78, 5) is 0. The molecule has 0 aromatic carbocycles. The van der Waals surface area contributed by atoms with Gasteiger partial charge in [0.1, 0.15) is 6.61 Å². The van der Waals surface area contributed by atoms with Gasteiger partial charge in [0.2, 0.25) is 0 Å². The normalized spacial score (nSPS) is 13.9. The molecule has 0 saturated carbocycles. The van der Waals surface area contributed by atoms with Gasteiger partial charge in [0.25, 0.3) is 0 Å². The van der Waals surface area contributed by atoms with E-state index in [1.54, 1.807) is 0 Å². The lowest BCUT2D eigenvalue weighted by Crippen LogP contribution is -2.21. The highest BCUT2D eigenvalue weighted by Crippen LogP contribution is 2.15. The minimum absolute atomic E-state index is 0.0532. The molecule has 1 aromatic heterocycles. The molecule has 1 rings (SSSR count). The Morgan fingerprint density at radius 2 is 2.18 bits per heavy atom. The summed E-state index contributed by atoms with van der Waals surface area (Å²) in [6.45, 7) is 1.27. The summed E-state index contributed by atoms with van der Waals surface area (Å²) in [6, 6.07) is 3.96. The number of aromatic nitrogens is 1. The van der Waals surface area contributed by atoms with Crippen molar-refractivity contribution in [3.63, 3.8) is 0 Å². The van der Waals surface area contributed by atoms with E-state index < -0.39 is 12.8 Å². The van der Waals surface area contributed by atoms with E-state index in [2.05, 4.69) is 10.1 Å². The van der Waals surface area contributed by atoms with Crippen LogP contribution in [0.25, 0.3) is 0 Å². The Balaban J connectivity index is 2.39. The van der Waals surface area contributed by atoms with Crippen molar-refractivity contribution in [2.75, 3.05) is 20.3 Å². The molecule has 0 radical (unpaired) electrons. The van der Waals surface area contributed by atoms with Crippen molar-refractivity contribution >= 4 is 0 Å². The first-order chi connectivity index (χ1) is 7.94. The van der Waals surface area contributed by atoms with E-state index in [1.807, 2.05) is 36.9 Å². The second-order valence-electron chi connectivity index (χ2n) is 3.80. The molecule has 6 heteroatoms. The summed E-state index contributed by atoms with van der Waals surface area (Å²) in [7, 11) is 1.84. The van der Waals surface area contributed by atoms with Crippen molar-refractivity contribution in [3.8, 4) is 0 Å². The van der Waals surface area contributed by atoms with Crippen molar-refractivity contribution in [3.05, 3.63) is 24.0 Å². The number of hydrogen-bond donors (Lipinski definition) is 1. The Morgan fingerprint density at radius 3 is 2.76 bits per heavy atom. The van der Waals surface area contributed by atoms with E-state index in [-0.39, 0.29) is 12.6 Å². The average molecular weight is 250 g/mol. The van der Waals surface area contributed by atoms with E-state index in [0.717, 1.165) is 5.69 Å². The molecule has 0 aliphatic rings. The van der Waals surface area contributed by atoms with Crippen LogP contribution in [0.1, 0.15) is 18.7 Å². The van der Waals surface area contributed by atoms with Gasteiger partial charge in [0.15, 0.2) is 0 Å². The van der Waals surface area contributed by atoms with Gasteiger partial charge in [-0.15, -0.1) is 0 Å². The maximum Gasteiger partial charge on any atom is 0.411 e. The largest absolute Gasteiger partial charge is 0.411 e. The number of nitrogens with zero attached hydrogens (tertiary/aromatic N) is 1. The fourth-order valence-electron chi connectivity index (χ4n) is 1.52. The van der Waals surface area contributed by atoms with E-state index in [4.69, 9.17) is 0 Å². The molecular formula is C11H17F3N2O. The van der Waals surface area contributed by atoms with Gasteiger partial charge < -0.3 is 14.6 Å². The smallest absolute Gasteiger partial charge is 0.370 e. The van der Waals surface area contributed by atoms with Gasteiger partial charge in [-0.2, -0.15) is 13.2 Å². The van der Waals surface area contributed by atoms with Gasteiger partial charge in [-0.3, -0.25) is 0 Å². The maximum absolute atomic E-state index is 11.8. The molecule has 0 aliphatic carbocycles. The van der Waals surface area contributed by atoms with Crippen LogP contribution < -0.4 is 5.32 Å². The first-order valence-electron chi connectivity index (χ1n) is 5.41. The number of ether oxygens (including phenoxy) is 1. The zero-order valence-electron chi connectivity index (χ0n) is 9.92. The summed E-state index contributed by atoms with van der Waals surface area (Å²) in [5.41, 5.74) is 1.03. The summed E-state index contributed by atoms with van der Waals surface area (Å²) in [6.07, 6.45) is -2.42. The van der Waals surface area contributed by atoms with Crippen LogP contribution in [0.15, 0.2) is 18.3 Å². The van der Waals surface area contributed by atoms with Crippen molar-refractivity contribution in [1.82, 2.24) is 9.88 Å². The minimum atomic E-state index is -4.25. The lowest BCUT2D eigenvalue weighted by atomic mass is 10.2. The standard InChI is InChI=1S/C11H17F3N2O/c1-9(15-2)10-4-3-5-16(10)6-7-17-8-11(12,13)14/h3-5,9,15H,6-8H2,1-2H3. The van der Waals surface area contributed by atoms with E-state index in [1.165, 1.54) is 0 Å². The van der Waals surface area contributed by atoms with Gasteiger partial charge in [-0.1, -0.05) is 0 Å². The van der Waals surface area contributed by atoms with E-state index >= 15 is 0 Å². The number of rotatable bonds is 6. The highest BCUT2D eigenvalue weighted by molar-refractivity contribution is 5.11. The monoisotopic (exact) mass is 250 g/mol. The molecule has 0 fully saturated rings. The quantitative estimate of drug-likeness (QED) is 0.784. The summed E-state index contributed by atoms with van der Waals surface area (Å²) in [5.74, 6) is 0. The molecule has 1 heterocycles. The Bertz CT molecular complexity index is 336. The second kappa shape index (κ2) is 6.07. The van der Waals surface area contributed by atoms with Crippen molar-refractivity contribution < 1.29 is 17.9 Å². The first kappa shape index (κ1) is 14.1. The molecule has 0 saturated heterocycles. The van der Waals surface area contributed by atoms with Gasteiger partial charge in [-0.05, 0) is 26.1 Å². The molecule has 1 atom stereocenters. The summed E-state index contributed by atoms with van der Waals surface area (Å²) < 4.78 is 42.0. The van der Waals surface area contributed by atoms with Crippen LogP contribution in [0, 0.1) is 0 Å². The van der Waals surface area contributed by atoms with E-state index in [9.17, 15) is 13.2 Å². The van der Waals surface area contributed by atoms with Crippen molar-refractivity contribution in [2.45, 2.75) is 25.7 Å². The van der Waals surface area contributed by atoms with Crippen LogP contribution in [0.5, 0.6) is 0 Å². The van der Waals surface area contributed by atoms with Gasteiger partial charge in [0, 0.05) is 24.5 Å². The SMILES string of the molecule is CNC(C)c1cccn1CCOCC(F)(F)F. The highest BCUT2D eigenvalue weighted by Gasteiger charge is 2.27. The Morgan fingerprint density at radius 1 is 1.47 bits per heavy atom. The molecule has 1 unspecified atom stereocenters. The second-order valence-corrected chi connectivity index (χ2v) is 3.80. The lowest BCUT2D eigenvalue weighted by molar-refractivity contribution is -0.174. The van der Waals surface area contributed by atoms with Gasteiger partial charge in [-0.25, -0.2) is 0 Å². The fourth-order valence-corrected chi connectivity index (χ4v) is 1.52. The summed E-state index contributed by atoms with van der Waals surface area (Å²) >= 11 is 0. The average Bonchev–Trinajstić information content (AvgIpc) is 2.70. The Kier molecular flexibility index (Phi) is 5.02. The van der Waals surface area contributed by atoms with Crippen LogP contribution in [-0.4, -0.2) is 31.0 Å². The highest BCUT2D eigenvalue weighted by atomic mass is 19.4. The van der Waals surface area contributed by atoms with Crippen LogP contribution in [0.3, 0.4) is 0 Å². The topological polar surface area (TPSA) is 26.2 Å². The van der Waals surface area contributed by atoms with Crippen LogP contribution in [0.4, 0.5) is 13.2 Å². The minimum Gasteiger partial charge on any atom is -0.370 e. The number of alkyl halides is 3. The number of nitrogens with one attached hydrogen (secondary N) is 1. The predicted octanol–water partition coefficient (Wildman–Crippen LogP) is 2.35. The van der Waals surface area contributed by atoms with Crippen molar-refractivity contribution in [1.29, 1.82) is 0 Å². The Labute approximate surface area is 98.6 Å². The summed E-state index contributed by atoms with van der Waals surface area (Å²) in [5, 5.41) is 3.08. The number of hydrogen-bond acceptors (Lipinski definition) is 2. The molecule has 0 aliphatic heterocycles. The first-order valence-corrected chi connectivity index (χ1v) is 5.41. The molecule has 0 spiro atoms. The maximum atomic E-state index is 11.8. The number of halogens is 3. The molecule has 1 aromatic rings. The van der Waals surface area contributed by atoms with Gasteiger partial charge in [0.05, 0.1) is 6.61 Å². The molecular weight excluding hydrogens is 233 g/mol. The molecule has 98 valence electrons. The molecule has 3 nitrogen and oxygen atoms in total. The van der Waals surface area contributed by atoms with Gasteiger partial charge >= 0.3 is 6.18 Å². The predicted molar refractivity (Wildman–Crippen MR) is 58.8 cm³/mol. The molecule has 17 heavy (non-hydrogen) atoms. The third-order valence-electron chi connectivity index (χ3n) is 2.48. The van der Waals surface area contributed by atoms with Crippen LogP contribution in [0.2, 0.25) is 0 Å². The van der Waals surface area contributed by atoms with Crippen LogP contribution in [-0.2, 0) is 11.3 Å². The fraction of sp³-hybridized carbons (Fsp3) is 0.636. The van der Waals surface area contributed by atoms with E-state index in [0.29, 0.717) is 6.54 Å². The zero-order valence-corrected chi connectivity index (χ0v) is 9.92. The van der Waals surface area contributed by atoms with Crippen molar-refractivity contribution in [2.24, 2.45) is 0 Å².